The van der Waals surface area contributed by atoms with E-state index in [0.717, 1.165) is 0 Å². The summed E-state index contributed by atoms with van der Waals surface area (Å²) in [6.07, 6.45) is -1.95. The lowest BCUT2D eigenvalue weighted by molar-refractivity contribution is -0.159. The average molecular weight is 382 g/mol. The van der Waals surface area contributed by atoms with Gasteiger partial charge in [0, 0.05) is 11.8 Å². The van der Waals surface area contributed by atoms with Gasteiger partial charge in [0.15, 0.2) is 23.7 Å². The highest BCUT2D eigenvalue weighted by Crippen LogP contribution is 2.34. The molecule has 2 aromatic rings. The minimum absolute atomic E-state index is 0.137. The molecule has 0 fully saturated rings. The molecule has 0 aliphatic carbocycles. The number of hydrogen-bond donors (Lipinski definition) is 1. The van der Waals surface area contributed by atoms with Gasteiger partial charge in [-0.1, -0.05) is 0 Å². The lowest BCUT2D eigenvalue weighted by atomic mass is 10.2. The summed E-state index contributed by atoms with van der Waals surface area (Å²) in [7, 11) is 0. The monoisotopic (exact) mass is 382 g/mol. The Bertz CT molecular complexity index is 919. The Labute approximate surface area is 161 Å². The van der Waals surface area contributed by atoms with E-state index in [0.29, 0.717) is 28.5 Å². The Morgan fingerprint density at radius 3 is 2.50 bits per heavy atom. The van der Waals surface area contributed by atoms with Crippen molar-refractivity contribution in [3.05, 3.63) is 48.0 Å². The van der Waals surface area contributed by atoms with Crippen LogP contribution in [0.3, 0.4) is 0 Å². The fraction of sp³-hybridized carbons (Fsp3) is 0.250. The summed E-state index contributed by atoms with van der Waals surface area (Å²) in [6, 6.07) is 13.3. The molecule has 1 amide bonds. The second-order valence-corrected chi connectivity index (χ2v) is 6.03. The first-order valence-corrected chi connectivity index (χ1v) is 8.54. The Morgan fingerprint density at radius 1 is 1.07 bits per heavy atom. The van der Waals surface area contributed by atoms with Crippen molar-refractivity contribution >= 4 is 17.6 Å². The van der Waals surface area contributed by atoms with Gasteiger partial charge in [0.2, 0.25) is 6.79 Å². The molecule has 0 saturated heterocycles. The summed E-state index contributed by atoms with van der Waals surface area (Å²) in [5.74, 6) is 0.384. The zero-order valence-electron chi connectivity index (χ0n) is 15.3. The van der Waals surface area contributed by atoms with Crippen LogP contribution >= 0.6 is 0 Å². The van der Waals surface area contributed by atoms with E-state index in [-0.39, 0.29) is 6.79 Å². The second kappa shape index (κ2) is 8.31. The van der Waals surface area contributed by atoms with Crippen LogP contribution in [0.15, 0.2) is 42.5 Å². The van der Waals surface area contributed by atoms with Crippen LogP contribution in [-0.2, 0) is 14.3 Å². The molecule has 8 heteroatoms. The van der Waals surface area contributed by atoms with E-state index in [1.165, 1.54) is 13.8 Å². The van der Waals surface area contributed by atoms with Crippen LogP contribution in [0, 0.1) is 11.3 Å². The lowest BCUT2D eigenvalue weighted by Gasteiger charge is -2.18. The number of rotatable bonds is 6. The average Bonchev–Trinajstić information content (AvgIpc) is 3.16. The van der Waals surface area contributed by atoms with Gasteiger partial charge in [0.1, 0.15) is 5.75 Å². The van der Waals surface area contributed by atoms with Crippen LogP contribution in [0.4, 0.5) is 5.69 Å². The first-order valence-electron chi connectivity index (χ1n) is 8.54. The predicted octanol–water partition coefficient (Wildman–Crippen LogP) is 2.62. The third kappa shape index (κ3) is 4.51. The molecular formula is C20H18N2O6. The maximum atomic E-state index is 12.3. The summed E-state index contributed by atoms with van der Waals surface area (Å²) in [4.78, 5) is 24.4. The van der Waals surface area contributed by atoms with E-state index in [1.54, 1.807) is 42.5 Å². The molecule has 1 N–H and O–H groups in total. The van der Waals surface area contributed by atoms with E-state index < -0.39 is 24.1 Å². The number of esters is 1. The molecule has 2 atom stereocenters. The van der Waals surface area contributed by atoms with Gasteiger partial charge in [0.05, 0.1) is 11.6 Å². The van der Waals surface area contributed by atoms with Gasteiger partial charge >= 0.3 is 5.97 Å². The molecule has 0 unspecified atom stereocenters. The molecule has 2 aromatic carbocycles. The number of benzene rings is 2. The number of fused-ring (bicyclic) bond motifs is 1. The minimum atomic E-state index is -1.02. The Kier molecular flexibility index (Phi) is 5.65. The van der Waals surface area contributed by atoms with Gasteiger partial charge in [-0.2, -0.15) is 5.26 Å². The number of carbonyl (C=O) groups excluding carboxylic acids is 2. The third-order valence-electron chi connectivity index (χ3n) is 3.93. The molecule has 0 spiro atoms. The highest BCUT2D eigenvalue weighted by atomic mass is 16.7. The highest BCUT2D eigenvalue weighted by Gasteiger charge is 2.24. The molecule has 1 heterocycles. The van der Waals surface area contributed by atoms with Crippen molar-refractivity contribution in [3.8, 4) is 23.3 Å². The number of nitrogens with zero attached hydrogens (tertiary/aromatic N) is 1. The number of nitrogens with one attached hydrogen (secondary N) is 1. The third-order valence-corrected chi connectivity index (χ3v) is 3.93. The molecule has 0 radical (unpaired) electrons. The molecule has 1 aliphatic rings. The van der Waals surface area contributed by atoms with Gasteiger partial charge in [-0.25, -0.2) is 4.79 Å². The smallest absolute Gasteiger partial charge is 0.347 e. The predicted molar refractivity (Wildman–Crippen MR) is 98.0 cm³/mol. The fourth-order valence-electron chi connectivity index (χ4n) is 2.40. The van der Waals surface area contributed by atoms with E-state index in [9.17, 15) is 9.59 Å². The number of hydrogen-bond acceptors (Lipinski definition) is 7. The number of amides is 1. The summed E-state index contributed by atoms with van der Waals surface area (Å²) in [5, 5.41) is 11.4. The Balaban J connectivity index is 1.52. The van der Waals surface area contributed by atoms with E-state index in [4.69, 9.17) is 24.2 Å². The van der Waals surface area contributed by atoms with Crippen LogP contribution in [0.25, 0.3) is 0 Å². The summed E-state index contributed by atoms with van der Waals surface area (Å²) in [6.45, 7) is 3.12. The maximum absolute atomic E-state index is 12.3. The second-order valence-electron chi connectivity index (χ2n) is 6.03. The van der Waals surface area contributed by atoms with Crippen LogP contribution < -0.4 is 19.5 Å². The molecule has 1 aliphatic heterocycles. The molecule has 144 valence electrons. The van der Waals surface area contributed by atoms with E-state index in [2.05, 4.69) is 5.32 Å². The Hall–Kier alpha value is -3.73. The fourth-order valence-corrected chi connectivity index (χ4v) is 2.40. The van der Waals surface area contributed by atoms with Gasteiger partial charge in [0.25, 0.3) is 5.91 Å². The molecule has 0 saturated carbocycles. The standard InChI is InChI=1S/C20H18N2O6/c1-12(19(23)22-15-5-8-17-18(9-15)26-11-25-17)28-20(24)13(2)27-16-6-3-14(10-21)4-7-16/h3-9,12-13H,11H2,1-2H3,(H,22,23)/t12-,13-/m0/s1. The number of anilines is 1. The van der Waals surface area contributed by atoms with Crippen LogP contribution in [0.5, 0.6) is 17.2 Å². The normalized spacial score (nSPS) is 13.8. The molecule has 28 heavy (non-hydrogen) atoms. The van der Waals surface area contributed by atoms with E-state index in [1.807, 2.05) is 6.07 Å². The first kappa shape index (κ1) is 19.0. The van der Waals surface area contributed by atoms with Crippen molar-refractivity contribution in [2.24, 2.45) is 0 Å². The molecular weight excluding hydrogens is 364 g/mol. The van der Waals surface area contributed by atoms with Gasteiger partial charge in [-0.05, 0) is 50.2 Å². The lowest BCUT2D eigenvalue weighted by Crippen LogP contribution is -2.35. The zero-order chi connectivity index (χ0) is 20.1. The van der Waals surface area contributed by atoms with Crippen molar-refractivity contribution in [2.75, 3.05) is 12.1 Å². The molecule has 3 rings (SSSR count). The van der Waals surface area contributed by atoms with Crippen LogP contribution in [0.1, 0.15) is 19.4 Å². The molecule has 8 nitrogen and oxygen atoms in total. The van der Waals surface area contributed by atoms with Gasteiger partial charge < -0.3 is 24.3 Å². The van der Waals surface area contributed by atoms with Gasteiger partial charge in [-0.15, -0.1) is 0 Å². The number of ether oxygens (including phenoxy) is 4. The summed E-state index contributed by atoms with van der Waals surface area (Å²) >= 11 is 0. The largest absolute Gasteiger partial charge is 0.479 e. The van der Waals surface area contributed by atoms with Crippen molar-refractivity contribution in [1.29, 1.82) is 5.26 Å². The summed E-state index contributed by atoms with van der Waals surface area (Å²) < 4.78 is 21.1. The number of nitriles is 1. The zero-order valence-corrected chi connectivity index (χ0v) is 15.3. The maximum Gasteiger partial charge on any atom is 0.347 e. The Morgan fingerprint density at radius 2 is 1.79 bits per heavy atom. The first-order chi connectivity index (χ1) is 13.5. The van der Waals surface area contributed by atoms with E-state index >= 15 is 0 Å². The molecule has 0 bridgehead atoms. The minimum Gasteiger partial charge on any atom is -0.479 e. The SMILES string of the molecule is C[C@H](OC(=O)[C@H](C)Oc1ccc(C#N)cc1)C(=O)Nc1ccc2c(c1)OCO2. The van der Waals surface area contributed by atoms with Crippen molar-refractivity contribution < 1.29 is 28.5 Å². The summed E-state index contributed by atoms with van der Waals surface area (Å²) in [5.41, 5.74) is 0.982. The van der Waals surface area contributed by atoms with Gasteiger partial charge in [-0.3, -0.25) is 4.79 Å². The van der Waals surface area contributed by atoms with Crippen LogP contribution in [-0.4, -0.2) is 30.9 Å². The topological polar surface area (TPSA) is 107 Å². The molecule has 0 aromatic heterocycles. The van der Waals surface area contributed by atoms with Crippen molar-refractivity contribution in [1.82, 2.24) is 0 Å². The quantitative estimate of drug-likeness (QED) is 0.765. The number of carbonyl (C=O) groups is 2. The van der Waals surface area contributed by atoms with Crippen molar-refractivity contribution in [3.63, 3.8) is 0 Å². The highest BCUT2D eigenvalue weighted by molar-refractivity contribution is 5.95. The van der Waals surface area contributed by atoms with Crippen molar-refractivity contribution in [2.45, 2.75) is 26.1 Å². The van der Waals surface area contributed by atoms with Crippen LogP contribution in [0.2, 0.25) is 0 Å².